The molecular formula is C15H19Br2N3O. The monoisotopic (exact) mass is 415 g/mol. The zero-order chi connectivity index (χ0) is 15.4. The fourth-order valence-electron chi connectivity index (χ4n) is 2.32. The van der Waals surface area contributed by atoms with Crippen molar-refractivity contribution >= 4 is 31.9 Å². The van der Waals surface area contributed by atoms with E-state index < -0.39 is 6.10 Å². The molecule has 21 heavy (non-hydrogen) atoms. The minimum absolute atomic E-state index is 0.424. The third-order valence-corrected chi connectivity index (χ3v) is 4.60. The van der Waals surface area contributed by atoms with Crippen LogP contribution < -0.4 is 0 Å². The first-order chi connectivity index (χ1) is 10.0. The molecule has 6 heteroatoms. The average Bonchev–Trinajstić information content (AvgIpc) is 2.88. The van der Waals surface area contributed by atoms with Crippen molar-refractivity contribution in [3.63, 3.8) is 0 Å². The Labute approximate surface area is 141 Å². The Hall–Kier alpha value is -0.720. The standard InChI is InChI=1S/C15H19Br2N3O/c1-3-12(4-2)20-6-5-11(19-20)8-14(21)15-13(17)7-10(16)9-18-15/h5-7,9,12,14,21H,3-4,8H2,1-2H3. The van der Waals surface area contributed by atoms with E-state index in [0.717, 1.165) is 27.5 Å². The lowest BCUT2D eigenvalue weighted by Gasteiger charge is -2.13. The average molecular weight is 417 g/mol. The number of pyridine rings is 1. The van der Waals surface area contributed by atoms with E-state index in [9.17, 15) is 5.11 Å². The molecule has 2 heterocycles. The second kappa shape index (κ2) is 7.51. The Morgan fingerprint density at radius 2 is 2.00 bits per heavy atom. The van der Waals surface area contributed by atoms with Gasteiger partial charge in [-0.3, -0.25) is 9.67 Å². The zero-order valence-electron chi connectivity index (χ0n) is 12.1. The van der Waals surface area contributed by atoms with Crippen LogP contribution in [0.2, 0.25) is 0 Å². The molecular weight excluding hydrogens is 398 g/mol. The molecule has 0 saturated heterocycles. The predicted molar refractivity (Wildman–Crippen MR) is 90.1 cm³/mol. The van der Waals surface area contributed by atoms with Crippen LogP contribution in [0.4, 0.5) is 0 Å². The van der Waals surface area contributed by atoms with Crippen molar-refractivity contribution in [3.05, 3.63) is 44.9 Å². The number of aliphatic hydroxyl groups excluding tert-OH is 1. The Morgan fingerprint density at radius 1 is 1.29 bits per heavy atom. The minimum Gasteiger partial charge on any atom is -0.386 e. The van der Waals surface area contributed by atoms with Gasteiger partial charge in [0, 0.05) is 27.8 Å². The van der Waals surface area contributed by atoms with Crippen molar-refractivity contribution in [3.8, 4) is 0 Å². The number of hydrogen-bond acceptors (Lipinski definition) is 3. The van der Waals surface area contributed by atoms with E-state index in [0.29, 0.717) is 18.2 Å². The molecule has 0 fully saturated rings. The van der Waals surface area contributed by atoms with E-state index in [-0.39, 0.29) is 0 Å². The topological polar surface area (TPSA) is 50.9 Å². The summed E-state index contributed by atoms with van der Waals surface area (Å²) in [6, 6.07) is 4.27. The summed E-state index contributed by atoms with van der Waals surface area (Å²) in [4.78, 5) is 4.27. The third kappa shape index (κ3) is 4.14. The highest BCUT2D eigenvalue weighted by Crippen LogP contribution is 2.26. The van der Waals surface area contributed by atoms with Gasteiger partial charge in [0.25, 0.3) is 0 Å². The van der Waals surface area contributed by atoms with E-state index in [2.05, 4.69) is 55.8 Å². The van der Waals surface area contributed by atoms with Crippen molar-refractivity contribution in [1.29, 1.82) is 0 Å². The summed E-state index contributed by atoms with van der Waals surface area (Å²) in [5.74, 6) is 0. The van der Waals surface area contributed by atoms with Crippen LogP contribution in [0.3, 0.4) is 0 Å². The van der Waals surface area contributed by atoms with E-state index >= 15 is 0 Å². The quantitative estimate of drug-likeness (QED) is 0.757. The molecule has 0 amide bonds. The molecule has 0 aliphatic heterocycles. The van der Waals surface area contributed by atoms with Crippen LogP contribution in [-0.4, -0.2) is 19.9 Å². The van der Waals surface area contributed by atoms with Crippen LogP contribution in [0.1, 0.15) is 50.2 Å². The highest BCUT2D eigenvalue weighted by Gasteiger charge is 2.16. The molecule has 0 aliphatic carbocycles. The Morgan fingerprint density at radius 3 is 2.62 bits per heavy atom. The lowest BCUT2D eigenvalue weighted by atomic mass is 10.1. The van der Waals surface area contributed by atoms with Gasteiger partial charge in [0.2, 0.25) is 0 Å². The number of hydrogen-bond donors (Lipinski definition) is 1. The second-order valence-corrected chi connectivity index (χ2v) is 6.77. The van der Waals surface area contributed by atoms with Crippen LogP contribution in [0.5, 0.6) is 0 Å². The summed E-state index contributed by atoms with van der Waals surface area (Å²) < 4.78 is 3.67. The zero-order valence-corrected chi connectivity index (χ0v) is 15.3. The van der Waals surface area contributed by atoms with Crippen molar-refractivity contribution in [2.75, 3.05) is 0 Å². The van der Waals surface area contributed by atoms with Gasteiger partial charge in [-0.2, -0.15) is 5.10 Å². The van der Waals surface area contributed by atoms with Gasteiger partial charge >= 0.3 is 0 Å². The smallest absolute Gasteiger partial charge is 0.103 e. The Bertz CT molecular complexity index is 596. The lowest BCUT2D eigenvalue weighted by molar-refractivity contribution is 0.171. The first kappa shape index (κ1) is 16.6. The maximum atomic E-state index is 10.4. The number of rotatable bonds is 6. The number of aromatic nitrogens is 3. The van der Waals surface area contributed by atoms with Gasteiger partial charge in [-0.1, -0.05) is 13.8 Å². The molecule has 2 aromatic heterocycles. The van der Waals surface area contributed by atoms with Gasteiger partial charge in [0.15, 0.2) is 0 Å². The van der Waals surface area contributed by atoms with Gasteiger partial charge in [-0.05, 0) is 56.8 Å². The van der Waals surface area contributed by atoms with E-state index in [4.69, 9.17) is 0 Å². The third-order valence-electron chi connectivity index (χ3n) is 3.53. The molecule has 2 rings (SSSR count). The number of halogens is 2. The van der Waals surface area contributed by atoms with E-state index in [1.165, 1.54) is 0 Å². The van der Waals surface area contributed by atoms with E-state index in [1.54, 1.807) is 6.20 Å². The van der Waals surface area contributed by atoms with Gasteiger partial charge in [-0.15, -0.1) is 0 Å². The molecule has 0 bridgehead atoms. The normalized spacial score (nSPS) is 12.9. The predicted octanol–water partition coefficient (Wildman–Crippen LogP) is 4.44. The van der Waals surface area contributed by atoms with Gasteiger partial charge in [0.1, 0.15) is 6.10 Å². The van der Waals surface area contributed by atoms with Crippen LogP contribution in [-0.2, 0) is 6.42 Å². The molecule has 4 nitrogen and oxygen atoms in total. The number of nitrogens with zero attached hydrogens (tertiary/aromatic N) is 3. The molecule has 0 spiro atoms. The van der Waals surface area contributed by atoms with Crippen LogP contribution in [0.25, 0.3) is 0 Å². The Kier molecular flexibility index (Phi) is 5.96. The highest BCUT2D eigenvalue weighted by atomic mass is 79.9. The first-order valence-electron chi connectivity index (χ1n) is 7.08. The summed E-state index contributed by atoms with van der Waals surface area (Å²) in [7, 11) is 0. The van der Waals surface area contributed by atoms with Crippen molar-refractivity contribution in [1.82, 2.24) is 14.8 Å². The number of aliphatic hydroxyl groups is 1. The van der Waals surface area contributed by atoms with Gasteiger partial charge < -0.3 is 5.11 Å². The second-order valence-electron chi connectivity index (χ2n) is 5.00. The van der Waals surface area contributed by atoms with Gasteiger partial charge in [0.05, 0.1) is 17.4 Å². The summed E-state index contributed by atoms with van der Waals surface area (Å²) in [5.41, 5.74) is 1.52. The lowest BCUT2D eigenvalue weighted by Crippen LogP contribution is -2.09. The minimum atomic E-state index is -0.669. The maximum absolute atomic E-state index is 10.4. The first-order valence-corrected chi connectivity index (χ1v) is 8.66. The molecule has 1 N–H and O–H groups in total. The molecule has 0 radical (unpaired) electrons. The highest BCUT2D eigenvalue weighted by molar-refractivity contribution is 9.11. The molecule has 0 aromatic carbocycles. The summed E-state index contributed by atoms with van der Waals surface area (Å²) in [5, 5.41) is 14.9. The van der Waals surface area contributed by atoms with Crippen LogP contribution in [0, 0.1) is 0 Å². The fraction of sp³-hybridized carbons (Fsp3) is 0.467. The van der Waals surface area contributed by atoms with Crippen LogP contribution in [0.15, 0.2) is 33.5 Å². The van der Waals surface area contributed by atoms with Crippen molar-refractivity contribution in [2.24, 2.45) is 0 Å². The molecule has 114 valence electrons. The van der Waals surface area contributed by atoms with Crippen molar-refractivity contribution in [2.45, 2.75) is 45.3 Å². The molecule has 1 atom stereocenters. The molecule has 2 aromatic rings. The summed E-state index contributed by atoms with van der Waals surface area (Å²) in [6.07, 6.45) is 5.58. The SMILES string of the molecule is CCC(CC)n1ccc(CC(O)c2ncc(Br)cc2Br)n1. The fourth-order valence-corrected chi connectivity index (χ4v) is 3.57. The molecule has 0 saturated carbocycles. The summed E-state index contributed by atoms with van der Waals surface area (Å²) >= 11 is 6.79. The van der Waals surface area contributed by atoms with Crippen molar-refractivity contribution < 1.29 is 5.11 Å². The molecule has 1 unspecified atom stereocenters. The largest absolute Gasteiger partial charge is 0.386 e. The van der Waals surface area contributed by atoms with E-state index in [1.807, 2.05) is 23.0 Å². The maximum Gasteiger partial charge on any atom is 0.103 e. The molecule has 0 aliphatic rings. The van der Waals surface area contributed by atoms with Crippen LogP contribution >= 0.6 is 31.9 Å². The summed E-state index contributed by atoms with van der Waals surface area (Å²) in [6.45, 7) is 4.32. The Balaban J connectivity index is 2.11. The van der Waals surface area contributed by atoms with Gasteiger partial charge in [-0.25, -0.2) is 0 Å².